The van der Waals surface area contributed by atoms with E-state index in [1.807, 2.05) is 25.4 Å². The molecule has 0 bridgehead atoms. The van der Waals surface area contributed by atoms with Crippen molar-refractivity contribution in [3.8, 4) is 6.07 Å². The third-order valence-corrected chi connectivity index (χ3v) is 2.15. The molecule has 0 amide bonds. The van der Waals surface area contributed by atoms with Crippen LogP contribution in [0.4, 0.5) is 5.69 Å². The van der Waals surface area contributed by atoms with E-state index in [4.69, 9.17) is 5.26 Å². The Bertz CT molecular complexity index is 523. The number of aryl methyl sites for hydroxylation is 1. The number of nitrogens with one attached hydrogen (secondary N) is 1. The largest absolute Gasteiger partial charge is 0.378 e. The van der Waals surface area contributed by atoms with Gasteiger partial charge in [-0.15, -0.1) is 0 Å². The van der Waals surface area contributed by atoms with Crippen LogP contribution in [0.15, 0.2) is 30.7 Å². The standard InChI is InChI=1S/C11H11N5/c1-16-8-9(7-15-16)6-14-10-3-2-4-13-11(10)5-12/h2-4,7-8,14H,6H2,1H3. The van der Waals surface area contributed by atoms with Crippen molar-refractivity contribution in [2.24, 2.45) is 7.05 Å². The first-order chi connectivity index (χ1) is 7.79. The highest BCUT2D eigenvalue weighted by Gasteiger charge is 2.02. The minimum atomic E-state index is 0.409. The van der Waals surface area contributed by atoms with Crippen LogP contribution in [0.1, 0.15) is 11.3 Å². The predicted molar refractivity (Wildman–Crippen MR) is 59.5 cm³/mol. The highest BCUT2D eigenvalue weighted by molar-refractivity contribution is 5.53. The highest BCUT2D eigenvalue weighted by Crippen LogP contribution is 2.11. The molecule has 0 saturated heterocycles. The molecule has 2 heterocycles. The van der Waals surface area contributed by atoms with Gasteiger partial charge in [-0.05, 0) is 12.1 Å². The molecule has 0 spiro atoms. The maximum absolute atomic E-state index is 8.85. The normalized spacial score (nSPS) is 9.75. The zero-order chi connectivity index (χ0) is 11.4. The summed E-state index contributed by atoms with van der Waals surface area (Å²) in [5.74, 6) is 0. The first kappa shape index (κ1) is 10.2. The van der Waals surface area contributed by atoms with Crippen LogP contribution in [0.25, 0.3) is 0 Å². The predicted octanol–water partition coefficient (Wildman–Crippen LogP) is 1.30. The first-order valence-corrected chi connectivity index (χ1v) is 4.86. The molecule has 0 aliphatic heterocycles. The maximum atomic E-state index is 8.85. The van der Waals surface area contributed by atoms with Crippen LogP contribution in [0.3, 0.4) is 0 Å². The topological polar surface area (TPSA) is 66.5 Å². The van der Waals surface area contributed by atoms with Crippen molar-refractivity contribution in [2.45, 2.75) is 6.54 Å². The Morgan fingerprint density at radius 3 is 3.12 bits per heavy atom. The Morgan fingerprint density at radius 1 is 1.56 bits per heavy atom. The van der Waals surface area contributed by atoms with Gasteiger partial charge in [0.2, 0.25) is 0 Å². The van der Waals surface area contributed by atoms with Gasteiger partial charge in [-0.2, -0.15) is 10.4 Å². The zero-order valence-corrected chi connectivity index (χ0v) is 8.88. The Labute approximate surface area is 93.4 Å². The summed E-state index contributed by atoms with van der Waals surface area (Å²) in [5.41, 5.74) is 2.22. The molecule has 0 radical (unpaired) electrons. The zero-order valence-electron chi connectivity index (χ0n) is 8.88. The van der Waals surface area contributed by atoms with Crippen molar-refractivity contribution in [2.75, 3.05) is 5.32 Å². The highest BCUT2D eigenvalue weighted by atomic mass is 15.2. The van der Waals surface area contributed by atoms with Crippen LogP contribution < -0.4 is 5.32 Å². The maximum Gasteiger partial charge on any atom is 0.163 e. The first-order valence-electron chi connectivity index (χ1n) is 4.86. The summed E-state index contributed by atoms with van der Waals surface area (Å²) < 4.78 is 1.74. The molecule has 0 aliphatic carbocycles. The Kier molecular flexibility index (Phi) is 2.83. The number of hydrogen-bond donors (Lipinski definition) is 1. The number of anilines is 1. The summed E-state index contributed by atoms with van der Waals surface area (Å²) in [4.78, 5) is 3.97. The third-order valence-electron chi connectivity index (χ3n) is 2.15. The SMILES string of the molecule is Cn1cc(CNc2cccnc2C#N)cn1. The molecule has 5 heteroatoms. The molecule has 0 aromatic carbocycles. The summed E-state index contributed by atoms with van der Waals surface area (Å²) in [5, 5.41) is 16.1. The lowest BCUT2D eigenvalue weighted by molar-refractivity contribution is 0.767. The summed E-state index contributed by atoms with van der Waals surface area (Å²) in [6.45, 7) is 0.633. The van der Waals surface area contributed by atoms with E-state index in [0.29, 0.717) is 12.2 Å². The van der Waals surface area contributed by atoms with Gasteiger partial charge in [0.15, 0.2) is 5.69 Å². The Morgan fingerprint density at radius 2 is 2.44 bits per heavy atom. The number of nitriles is 1. The molecule has 1 N–H and O–H groups in total. The molecular weight excluding hydrogens is 202 g/mol. The van der Waals surface area contributed by atoms with Crippen molar-refractivity contribution in [3.63, 3.8) is 0 Å². The fourth-order valence-electron chi connectivity index (χ4n) is 1.40. The van der Waals surface area contributed by atoms with E-state index in [-0.39, 0.29) is 0 Å². The molecule has 2 aromatic heterocycles. The van der Waals surface area contributed by atoms with Crippen molar-refractivity contribution in [1.82, 2.24) is 14.8 Å². The van der Waals surface area contributed by atoms with Crippen molar-refractivity contribution in [3.05, 3.63) is 42.0 Å². The van der Waals surface area contributed by atoms with E-state index < -0.39 is 0 Å². The van der Waals surface area contributed by atoms with Crippen LogP contribution in [-0.2, 0) is 13.6 Å². The average Bonchev–Trinajstić information content (AvgIpc) is 2.73. The van der Waals surface area contributed by atoms with E-state index in [1.54, 1.807) is 23.1 Å². The molecule has 0 unspecified atom stereocenters. The lowest BCUT2D eigenvalue weighted by atomic mass is 10.3. The van der Waals surface area contributed by atoms with Gasteiger partial charge < -0.3 is 5.32 Å². The second kappa shape index (κ2) is 4.45. The molecule has 0 saturated carbocycles. The monoisotopic (exact) mass is 213 g/mol. The molecule has 0 aliphatic rings. The van der Waals surface area contributed by atoms with Crippen LogP contribution in [0, 0.1) is 11.3 Å². The van der Waals surface area contributed by atoms with Crippen LogP contribution in [0.2, 0.25) is 0 Å². The second-order valence-corrected chi connectivity index (χ2v) is 3.39. The molecule has 0 atom stereocenters. The van der Waals surface area contributed by atoms with Gasteiger partial charge in [-0.3, -0.25) is 4.68 Å². The van der Waals surface area contributed by atoms with Gasteiger partial charge in [0, 0.05) is 31.5 Å². The molecule has 80 valence electrons. The Balaban J connectivity index is 2.08. The van der Waals surface area contributed by atoms with E-state index in [1.165, 1.54) is 0 Å². The summed E-state index contributed by atoms with van der Waals surface area (Å²) >= 11 is 0. The lowest BCUT2D eigenvalue weighted by Crippen LogP contribution is -2.01. The number of nitrogens with zero attached hydrogens (tertiary/aromatic N) is 4. The third kappa shape index (κ3) is 2.17. The van der Waals surface area contributed by atoms with Gasteiger partial charge in [0.1, 0.15) is 6.07 Å². The molecule has 5 nitrogen and oxygen atoms in total. The lowest BCUT2D eigenvalue weighted by Gasteiger charge is -2.04. The van der Waals surface area contributed by atoms with Gasteiger partial charge in [-0.25, -0.2) is 4.98 Å². The van der Waals surface area contributed by atoms with E-state index >= 15 is 0 Å². The molecular formula is C11H11N5. The van der Waals surface area contributed by atoms with Crippen LogP contribution >= 0.6 is 0 Å². The minimum absolute atomic E-state index is 0.409. The number of aromatic nitrogens is 3. The fraction of sp³-hybridized carbons (Fsp3) is 0.182. The second-order valence-electron chi connectivity index (χ2n) is 3.39. The van der Waals surface area contributed by atoms with Crippen molar-refractivity contribution in [1.29, 1.82) is 5.26 Å². The van der Waals surface area contributed by atoms with Gasteiger partial charge in [0.05, 0.1) is 11.9 Å². The summed E-state index contributed by atoms with van der Waals surface area (Å²) in [6.07, 6.45) is 5.32. The smallest absolute Gasteiger partial charge is 0.163 e. The van der Waals surface area contributed by atoms with E-state index in [9.17, 15) is 0 Å². The number of rotatable bonds is 3. The van der Waals surface area contributed by atoms with Gasteiger partial charge >= 0.3 is 0 Å². The van der Waals surface area contributed by atoms with Crippen LogP contribution in [-0.4, -0.2) is 14.8 Å². The molecule has 2 rings (SSSR count). The molecule has 0 fully saturated rings. The number of pyridine rings is 1. The number of hydrogen-bond acceptors (Lipinski definition) is 4. The van der Waals surface area contributed by atoms with Gasteiger partial charge in [0.25, 0.3) is 0 Å². The fourth-order valence-corrected chi connectivity index (χ4v) is 1.40. The van der Waals surface area contributed by atoms with E-state index in [0.717, 1.165) is 11.3 Å². The molecule has 2 aromatic rings. The van der Waals surface area contributed by atoms with Crippen molar-refractivity contribution < 1.29 is 0 Å². The van der Waals surface area contributed by atoms with E-state index in [2.05, 4.69) is 15.4 Å². The minimum Gasteiger partial charge on any atom is -0.378 e. The molecule has 16 heavy (non-hydrogen) atoms. The van der Waals surface area contributed by atoms with Crippen LogP contribution in [0.5, 0.6) is 0 Å². The van der Waals surface area contributed by atoms with Gasteiger partial charge in [-0.1, -0.05) is 0 Å². The Hall–Kier alpha value is -2.35. The summed E-state index contributed by atoms with van der Waals surface area (Å²) in [6, 6.07) is 5.68. The summed E-state index contributed by atoms with van der Waals surface area (Å²) in [7, 11) is 1.87. The quantitative estimate of drug-likeness (QED) is 0.834. The average molecular weight is 213 g/mol. The van der Waals surface area contributed by atoms with Crippen molar-refractivity contribution >= 4 is 5.69 Å².